The van der Waals surface area contributed by atoms with Crippen LogP contribution in [0.1, 0.15) is 12.0 Å². The van der Waals surface area contributed by atoms with E-state index in [-0.39, 0.29) is 5.75 Å². The molecule has 3 nitrogen and oxygen atoms in total. The maximum absolute atomic E-state index is 12.8. The number of benzene rings is 1. The highest BCUT2D eigenvalue weighted by atomic mass is 19.3. The molecular weight excluding hydrogens is 213 g/mol. The maximum Gasteiger partial charge on any atom is 0.341 e. The minimum atomic E-state index is -2.96. The van der Waals surface area contributed by atoms with Gasteiger partial charge in [0.1, 0.15) is 11.6 Å². The smallest absolute Gasteiger partial charge is 0.341 e. The van der Waals surface area contributed by atoms with Gasteiger partial charge in [0.05, 0.1) is 5.56 Å². The molecule has 0 aliphatic carbocycles. The van der Waals surface area contributed by atoms with Gasteiger partial charge < -0.3 is 9.84 Å². The molecule has 1 N–H and O–H groups in total. The number of rotatable bonds is 4. The molecule has 0 atom stereocenters. The van der Waals surface area contributed by atoms with Crippen molar-refractivity contribution < 1.29 is 27.8 Å². The van der Waals surface area contributed by atoms with Gasteiger partial charge in [-0.25, -0.2) is 18.0 Å². The van der Waals surface area contributed by atoms with Crippen LogP contribution in [-0.4, -0.2) is 17.7 Å². The Labute approximate surface area is 83.1 Å². The van der Waals surface area contributed by atoms with Crippen LogP contribution in [-0.2, 0) is 4.79 Å². The Hall–Kier alpha value is -1.72. The van der Waals surface area contributed by atoms with Crippen LogP contribution < -0.4 is 4.74 Å². The minimum absolute atomic E-state index is 0.103. The van der Waals surface area contributed by atoms with Gasteiger partial charge in [-0.3, -0.25) is 0 Å². The van der Waals surface area contributed by atoms with Crippen LogP contribution >= 0.6 is 0 Å². The second-order valence-electron chi connectivity index (χ2n) is 2.67. The first kappa shape index (κ1) is 11.4. The molecule has 0 amide bonds. The van der Waals surface area contributed by atoms with Gasteiger partial charge in [-0.15, -0.1) is 0 Å². The number of ether oxygens (including phenoxy) is 1. The molecule has 0 aromatic heterocycles. The van der Waals surface area contributed by atoms with E-state index in [0.29, 0.717) is 0 Å². The second kappa shape index (κ2) is 4.68. The number of halogens is 3. The summed E-state index contributed by atoms with van der Waals surface area (Å²) in [6.07, 6.45) is -2.96. The molecule has 0 saturated carbocycles. The quantitative estimate of drug-likeness (QED) is 0.846. The highest BCUT2D eigenvalue weighted by Gasteiger charge is 2.14. The van der Waals surface area contributed by atoms with Crippen LogP contribution in [0.5, 0.6) is 5.75 Å². The first-order valence-corrected chi connectivity index (χ1v) is 3.93. The Balaban J connectivity index is 2.83. The minimum Gasteiger partial charge on any atom is -0.482 e. The van der Waals surface area contributed by atoms with Gasteiger partial charge in [-0.2, -0.15) is 0 Å². The lowest BCUT2D eigenvalue weighted by Crippen LogP contribution is -2.09. The second-order valence-corrected chi connectivity index (χ2v) is 2.67. The zero-order chi connectivity index (χ0) is 11.4. The fraction of sp³-hybridized carbons (Fsp3) is 0.222. The maximum atomic E-state index is 12.8. The third-order valence-corrected chi connectivity index (χ3v) is 1.56. The first-order chi connectivity index (χ1) is 7.00. The number of carboxylic acids is 1. The van der Waals surface area contributed by atoms with Crippen LogP contribution in [0.25, 0.3) is 0 Å². The number of hydrogen-bond acceptors (Lipinski definition) is 2. The summed E-state index contributed by atoms with van der Waals surface area (Å²) in [6, 6.07) is 2.67. The van der Waals surface area contributed by atoms with E-state index in [9.17, 15) is 18.0 Å². The summed E-state index contributed by atoms with van der Waals surface area (Å²) in [7, 11) is 0. The van der Waals surface area contributed by atoms with E-state index >= 15 is 0 Å². The molecule has 0 spiro atoms. The van der Waals surface area contributed by atoms with E-state index in [2.05, 4.69) is 4.74 Å². The molecule has 0 unspecified atom stereocenters. The van der Waals surface area contributed by atoms with Crippen molar-refractivity contribution in [3.63, 3.8) is 0 Å². The highest BCUT2D eigenvalue weighted by molar-refractivity contribution is 5.68. The lowest BCUT2D eigenvalue weighted by atomic mass is 10.2. The number of hydrogen-bond donors (Lipinski definition) is 1. The zero-order valence-electron chi connectivity index (χ0n) is 7.41. The van der Waals surface area contributed by atoms with Gasteiger partial charge in [0.25, 0.3) is 6.43 Å². The Kier molecular flexibility index (Phi) is 3.54. The SMILES string of the molecule is O=C(O)COc1ccc(F)c(C(F)F)c1. The van der Waals surface area contributed by atoms with Crippen molar-refractivity contribution in [2.75, 3.05) is 6.61 Å². The van der Waals surface area contributed by atoms with Gasteiger partial charge in [-0.05, 0) is 18.2 Å². The molecule has 0 aliphatic heterocycles. The van der Waals surface area contributed by atoms with E-state index in [1.807, 2.05) is 0 Å². The van der Waals surface area contributed by atoms with Gasteiger partial charge >= 0.3 is 5.97 Å². The average molecular weight is 220 g/mol. The molecule has 0 bridgehead atoms. The van der Waals surface area contributed by atoms with Gasteiger partial charge in [0, 0.05) is 0 Å². The summed E-state index contributed by atoms with van der Waals surface area (Å²) in [4.78, 5) is 10.1. The monoisotopic (exact) mass is 220 g/mol. The van der Waals surface area contributed by atoms with E-state index in [0.717, 1.165) is 18.2 Å². The summed E-state index contributed by atoms with van der Waals surface area (Å²) in [5.74, 6) is -2.39. The van der Waals surface area contributed by atoms with Crippen molar-refractivity contribution in [3.8, 4) is 5.75 Å². The Morgan fingerprint density at radius 3 is 2.67 bits per heavy atom. The molecule has 0 heterocycles. The lowest BCUT2D eigenvalue weighted by molar-refractivity contribution is -0.139. The molecule has 15 heavy (non-hydrogen) atoms. The normalized spacial score (nSPS) is 10.4. The van der Waals surface area contributed by atoms with E-state index in [1.165, 1.54) is 0 Å². The third kappa shape index (κ3) is 3.16. The molecule has 1 aromatic rings. The summed E-state index contributed by atoms with van der Waals surface area (Å²) in [5.41, 5.74) is -0.808. The van der Waals surface area contributed by atoms with Gasteiger partial charge in [0.15, 0.2) is 6.61 Å². The largest absolute Gasteiger partial charge is 0.482 e. The lowest BCUT2D eigenvalue weighted by Gasteiger charge is -2.06. The Morgan fingerprint density at radius 1 is 1.47 bits per heavy atom. The predicted octanol–water partition coefficient (Wildman–Crippen LogP) is 2.23. The van der Waals surface area contributed by atoms with Crippen LogP contribution in [0, 0.1) is 5.82 Å². The van der Waals surface area contributed by atoms with Crippen LogP contribution in [0.15, 0.2) is 18.2 Å². The van der Waals surface area contributed by atoms with Crippen molar-refractivity contribution >= 4 is 5.97 Å². The Morgan fingerprint density at radius 2 is 2.13 bits per heavy atom. The molecular formula is C9H7F3O3. The molecule has 0 fully saturated rings. The standard InChI is InChI=1S/C9H7F3O3/c10-7-2-1-5(15-4-8(13)14)3-6(7)9(11)12/h1-3,9H,4H2,(H,13,14). The van der Waals surface area contributed by atoms with E-state index in [4.69, 9.17) is 5.11 Å². The third-order valence-electron chi connectivity index (χ3n) is 1.56. The molecule has 0 aliphatic rings. The van der Waals surface area contributed by atoms with Crippen molar-refractivity contribution in [1.82, 2.24) is 0 Å². The number of alkyl halides is 2. The first-order valence-electron chi connectivity index (χ1n) is 3.93. The summed E-state index contributed by atoms with van der Waals surface area (Å²) < 4.78 is 41.8. The van der Waals surface area contributed by atoms with E-state index < -0.39 is 30.4 Å². The van der Waals surface area contributed by atoms with Crippen molar-refractivity contribution in [3.05, 3.63) is 29.6 Å². The fourth-order valence-electron chi connectivity index (χ4n) is 0.924. The molecule has 1 aromatic carbocycles. The fourth-order valence-corrected chi connectivity index (χ4v) is 0.924. The summed E-state index contributed by atoms with van der Waals surface area (Å²) in [5, 5.41) is 8.26. The number of aliphatic carboxylic acids is 1. The predicted molar refractivity (Wildman–Crippen MR) is 44.5 cm³/mol. The molecule has 0 saturated heterocycles. The summed E-state index contributed by atoms with van der Waals surface area (Å²) in [6.45, 7) is -0.658. The zero-order valence-corrected chi connectivity index (χ0v) is 7.41. The van der Waals surface area contributed by atoms with E-state index in [1.54, 1.807) is 0 Å². The van der Waals surface area contributed by atoms with Crippen molar-refractivity contribution in [2.45, 2.75) is 6.43 Å². The van der Waals surface area contributed by atoms with Gasteiger partial charge in [-0.1, -0.05) is 0 Å². The van der Waals surface area contributed by atoms with Crippen molar-refractivity contribution in [2.24, 2.45) is 0 Å². The number of carboxylic acid groups (broad SMARTS) is 1. The van der Waals surface area contributed by atoms with Crippen molar-refractivity contribution in [1.29, 1.82) is 0 Å². The van der Waals surface area contributed by atoms with Crippen LogP contribution in [0.3, 0.4) is 0 Å². The molecule has 1 rings (SSSR count). The van der Waals surface area contributed by atoms with Gasteiger partial charge in [0.2, 0.25) is 0 Å². The average Bonchev–Trinajstić information content (AvgIpc) is 2.16. The van der Waals surface area contributed by atoms with Crippen LogP contribution in [0.4, 0.5) is 13.2 Å². The molecule has 6 heteroatoms. The Bertz CT molecular complexity index is 366. The molecule has 0 radical (unpaired) electrons. The number of carbonyl (C=O) groups is 1. The van der Waals surface area contributed by atoms with Crippen LogP contribution in [0.2, 0.25) is 0 Å². The highest BCUT2D eigenvalue weighted by Crippen LogP contribution is 2.25. The molecule has 82 valence electrons. The summed E-state index contributed by atoms with van der Waals surface area (Å²) >= 11 is 0. The topological polar surface area (TPSA) is 46.5 Å².